The first-order valence-corrected chi connectivity index (χ1v) is 6.79. The van der Waals surface area contributed by atoms with Gasteiger partial charge in [0.05, 0.1) is 24.2 Å². The van der Waals surface area contributed by atoms with Gasteiger partial charge in [-0.25, -0.2) is 0 Å². The molecule has 1 aromatic rings. The maximum Gasteiger partial charge on any atom is 0.333 e. The fourth-order valence-electron chi connectivity index (χ4n) is 1.99. The summed E-state index contributed by atoms with van der Waals surface area (Å²) in [5.41, 5.74) is 0.321. The summed E-state index contributed by atoms with van der Waals surface area (Å²) in [5.74, 6) is 0.243. The van der Waals surface area contributed by atoms with Crippen LogP contribution in [0.4, 0.5) is 11.4 Å². The number of methoxy groups -OCH3 is 1. The van der Waals surface area contributed by atoms with Crippen LogP contribution in [0.3, 0.4) is 0 Å². The van der Waals surface area contributed by atoms with Gasteiger partial charge in [0.15, 0.2) is 5.75 Å². The lowest BCUT2D eigenvalue weighted by Crippen LogP contribution is -2.32. The predicted molar refractivity (Wildman–Crippen MR) is 80.0 cm³/mol. The second-order valence-electron chi connectivity index (χ2n) is 4.72. The van der Waals surface area contributed by atoms with E-state index in [0.717, 1.165) is 6.42 Å². The smallest absolute Gasteiger partial charge is 0.333 e. The van der Waals surface area contributed by atoms with Crippen molar-refractivity contribution >= 4 is 11.4 Å². The summed E-state index contributed by atoms with van der Waals surface area (Å²) < 4.78 is 10.3. The summed E-state index contributed by atoms with van der Waals surface area (Å²) in [4.78, 5) is 12.5. The Bertz CT molecular complexity index is 467. The van der Waals surface area contributed by atoms with E-state index in [1.165, 1.54) is 7.11 Å². The molecule has 0 bridgehead atoms. The number of aliphatic hydroxyl groups excluding tert-OH is 1. The number of benzene rings is 1. The van der Waals surface area contributed by atoms with Crippen LogP contribution < -0.4 is 9.64 Å². The fraction of sp³-hybridized carbons (Fsp3) is 0.571. The van der Waals surface area contributed by atoms with Gasteiger partial charge in [0.25, 0.3) is 0 Å². The SMILES string of the molecule is CCCOc1cccc(N(C)CC(O)COC)c1[N+](=O)[O-]. The van der Waals surface area contributed by atoms with Crippen molar-refractivity contribution in [2.24, 2.45) is 0 Å². The van der Waals surface area contributed by atoms with Gasteiger partial charge in [-0.2, -0.15) is 0 Å². The zero-order chi connectivity index (χ0) is 15.8. The summed E-state index contributed by atoms with van der Waals surface area (Å²) >= 11 is 0. The van der Waals surface area contributed by atoms with Crippen LogP contribution in [0.5, 0.6) is 5.75 Å². The van der Waals surface area contributed by atoms with E-state index in [-0.39, 0.29) is 24.6 Å². The van der Waals surface area contributed by atoms with Crippen LogP contribution in [0, 0.1) is 10.1 Å². The van der Waals surface area contributed by atoms with Gasteiger partial charge in [0.2, 0.25) is 0 Å². The van der Waals surface area contributed by atoms with E-state index in [9.17, 15) is 15.2 Å². The lowest BCUT2D eigenvalue weighted by molar-refractivity contribution is -0.385. The molecule has 0 spiro atoms. The molecule has 1 aromatic carbocycles. The molecule has 1 atom stereocenters. The van der Waals surface area contributed by atoms with Gasteiger partial charge in [-0.1, -0.05) is 13.0 Å². The Kier molecular flexibility index (Phi) is 6.90. The average Bonchev–Trinajstić information content (AvgIpc) is 2.44. The zero-order valence-corrected chi connectivity index (χ0v) is 12.6. The summed E-state index contributed by atoms with van der Waals surface area (Å²) in [7, 11) is 3.18. The van der Waals surface area contributed by atoms with Gasteiger partial charge in [-0.05, 0) is 18.6 Å². The van der Waals surface area contributed by atoms with Crippen molar-refractivity contribution < 1.29 is 19.5 Å². The van der Waals surface area contributed by atoms with Gasteiger partial charge < -0.3 is 19.5 Å². The molecule has 0 heterocycles. The summed E-state index contributed by atoms with van der Waals surface area (Å²) in [6.07, 6.45) is 0.0452. The van der Waals surface area contributed by atoms with E-state index in [4.69, 9.17) is 9.47 Å². The minimum absolute atomic E-state index is 0.0851. The van der Waals surface area contributed by atoms with Gasteiger partial charge in [-0.15, -0.1) is 0 Å². The Morgan fingerprint density at radius 1 is 1.48 bits per heavy atom. The Morgan fingerprint density at radius 3 is 2.76 bits per heavy atom. The summed E-state index contributed by atoms with van der Waals surface area (Å²) in [5, 5.41) is 21.1. The van der Waals surface area contributed by atoms with Crippen LogP contribution in [0.15, 0.2) is 18.2 Å². The summed E-state index contributed by atoms with van der Waals surface area (Å²) in [6.45, 7) is 2.75. The van der Waals surface area contributed by atoms with Crippen LogP contribution in [0.2, 0.25) is 0 Å². The lowest BCUT2D eigenvalue weighted by atomic mass is 10.2. The Balaban J connectivity index is 3.02. The van der Waals surface area contributed by atoms with E-state index in [2.05, 4.69) is 0 Å². The highest BCUT2D eigenvalue weighted by Gasteiger charge is 2.24. The fourth-order valence-corrected chi connectivity index (χ4v) is 1.99. The zero-order valence-electron chi connectivity index (χ0n) is 12.6. The number of hydrogen-bond donors (Lipinski definition) is 1. The molecular weight excluding hydrogens is 276 g/mol. The molecule has 1 unspecified atom stereocenters. The molecule has 118 valence electrons. The maximum absolute atomic E-state index is 11.3. The van der Waals surface area contributed by atoms with Gasteiger partial charge >= 0.3 is 5.69 Å². The number of nitrogens with zero attached hydrogens (tertiary/aromatic N) is 2. The number of aliphatic hydroxyl groups is 1. The average molecular weight is 298 g/mol. The molecule has 1 rings (SSSR count). The molecule has 0 aromatic heterocycles. The molecule has 0 radical (unpaired) electrons. The maximum atomic E-state index is 11.3. The van der Waals surface area contributed by atoms with E-state index in [1.807, 2.05) is 6.92 Å². The van der Waals surface area contributed by atoms with Crippen molar-refractivity contribution in [3.63, 3.8) is 0 Å². The molecule has 7 heteroatoms. The third-order valence-corrected chi connectivity index (χ3v) is 2.88. The molecule has 0 amide bonds. The van der Waals surface area contributed by atoms with Crippen LogP contribution in [-0.2, 0) is 4.74 Å². The number of hydrogen-bond acceptors (Lipinski definition) is 6. The van der Waals surface area contributed by atoms with E-state index >= 15 is 0 Å². The molecule has 0 aliphatic carbocycles. The number of rotatable bonds is 9. The third kappa shape index (κ3) is 4.87. The van der Waals surface area contributed by atoms with Crippen molar-refractivity contribution in [3.05, 3.63) is 28.3 Å². The second kappa shape index (κ2) is 8.43. The Labute approximate surface area is 124 Å². The van der Waals surface area contributed by atoms with Crippen molar-refractivity contribution in [2.75, 3.05) is 38.8 Å². The predicted octanol–water partition coefficient (Wildman–Crippen LogP) is 1.83. The van der Waals surface area contributed by atoms with Gasteiger partial charge in [-0.3, -0.25) is 10.1 Å². The van der Waals surface area contributed by atoms with Crippen molar-refractivity contribution in [1.29, 1.82) is 0 Å². The highest BCUT2D eigenvalue weighted by Crippen LogP contribution is 2.36. The van der Waals surface area contributed by atoms with E-state index < -0.39 is 11.0 Å². The largest absolute Gasteiger partial charge is 0.487 e. The highest BCUT2D eigenvalue weighted by molar-refractivity contribution is 5.69. The molecule has 21 heavy (non-hydrogen) atoms. The summed E-state index contributed by atoms with van der Waals surface area (Å²) in [6, 6.07) is 4.92. The monoisotopic (exact) mass is 298 g/mol. The minimum atomic E-state index is -0.722. The first-order valence-electron chi connectivity index (χ1n) is 6.79. The number of ether oxygens (including phenoxy) is 2. The van der Waals surface area contributed by atoms with Crippen molar-refractivity contribution in [3.8, 4) is 5.75 Å². The number of anilines is 1. The topological polar surface area (TPSA) is 85.1 Å². The third-order valence-electron chi connectivity index (χ3n) is 2.88. The van der Waals surface area contributed by atoms with Crippen LogP contribution in [0.1, 0.15) is 13.3 Å². The molecule has 0 saturated heterocycles. The number of para-hydroxylation sites is 1. The Hall–Kier alpha value is -1.86. The number of nitro groups is 1. The van der Waals surface area contributed by atoms with Crippen LogP contribution in [-0.4, -0.2) is 50.0 Å². The van der Waals surface area contributed by atoms with Gasteiger partial charge in [0.1, 0.15) is 5.69 Å². The van der Waals surface area contributed by atoms with Crippen molar-refractivity contribution in [2.45, 2.75) is 19.4 Å². The molecule has 0 aliphatic rings. The molecule has 0 aliphatic heterocycles. The standard InChI is InChI=1S/C14H22N2O5/c1-4-8-21-13-7-5-6-12(14(13)16(18)19)15(2)9-11(17)10-20-3/h5-7,11,17H,4,8-10H2,1-3H3. The normalized spacial score (nSPS) is 12.0. The van der Waals surface area contributed by atoms with Crippen LogP contribution >= 0.6 is 0 Å². The quantitative estimate of drug-likeness (QED) is 0.553. The van der Waals surface area contributed by atoms with Crippen molar-refractivity contribution in [1.82, 2.24) is 0 Å². The minimum Gasteiger partial charge on any atom is -0.487 e. The molecule has 7 nitrogen and oxygen atoms in total. The second-order valence-corrected chi connectivity index (χ2v) is 4.72. The molecule has 0 fully saturated rings. The highest BCUT2D eigenvalue weighted by atomic mass is 16.6. The lowest BCUT2D eigenvalue weighted by Gasteiger charge is -2.22. The Morgan fingerprint density at radius 2 is 2.19 bits per heavy atom. The molecule has 0 saturated carbocycles. The molecule has 1 N–H and O–H groups in total. The first-order chi connectivity index (χ1) is 10.0. The van der Waals surface area contributed by atoms with Gasteiger partial charge in [0, 0.05) is 20.7 Å². The molecular formula is C14H22N2O5. The van der Waals surface area contributed by atoms with E-state index in [0.29, 0.717) is 12.3 Å². The number of likely N-dealkylation sites (N-methyl/N-ethyl adjacent to an activating group) is 1. The number of nitro benzene ring substituents is 1. The van der Waals surface area contributed by atoms with Crippen LogP contribution in [0.25, 0.3) is 0 Å². The first kappa shape index (κ1) is 17.2. The van der Waals surface area contributed by atoms with E-state index in [1.54, 1.807) is 30.1 Å².